The van der Waals surface area contributed by atoms with E-state index in [9.17, 15) is 5.11 Å². The first-order valence-electron chi connectivity index (χ1n) is 11.0. The van der Waals surface area contributed by atoms with Gasteiger partial charge >= 0.3 is 0 Å². The summed E-state index contributed by atoms with van der Waals surface area (Å²) in [6.07, 6.45) is 1.83. The molecule has 0 aliphatic carbocycles. The van der Waals surface area contributed by atoms with Crippen molar-refractivity contribution in [2.45, 2.75) is 58.5 Å². The highest BCUT2D eigenvalue weighted by Gasteiger charge is 2.20. The monoisotopic (exact) mass is 412 g/mol. The second kappa shape index (κ2) is 7.97. The Morgan fingerprint density at radius 1 is 0.839 bits per heavy atom. The van der Waals surface area contributed by atoms with Gasteiger partial charge < -0.3 is 10.1 Å². The molecule has 0 radical (unpaired) electrons. The maximum absolute atomic E-state index is 10.6. The molecule has 2 N–H and O–H groups in total. The Morgan fingerprint density at radius 3 is 2.23 bits per heavy atom. The lowest BCUT2D eigenvalue weighted by atomic mass is 9.86. The average Bonchev–Trinajstić information content (AvgIpc) is 3.13. The van der Waals surface area contributed by atoms with Gasteiger partial charge in [-0.1, -0.05) is 75.4 Å². The molecular weight excluding hydrogens is 380 g/mol. The van der Waals surface area contributed by atoms with Gasteiger partial charge in [-0.05, 0) is 65.6 Å². The van der Waals surface area contributed by atoms with E-state index >= 15 is 0 Å². The van der Waals surface area contributed by atoms with Gasteiger partial charge in [-0.2, -0.15) is 0 Å². The number of aryl methyl sites for hydroxylation is 2. The lowest BCUT2D eigenvalue weighted by molar-refractivity contribution is 0.0792. The summed E-state index contributed by atoms with van der Waals surface area (Å²) < 4.78 is 0. The number of hydrogen-bond donors (Lipinski definition) is 2. The topological polar surface area (TPSA) is 48.9 Å². The Morgan fingerprint density at radius 2 is 1.55 bits per heavy atom. The zero-order valence-electron chi connectivity index (χ0n) is 19.2. The third kappa shape index (κ3) is 4.72. The van der Waals surface area contributed by atoms with E-state index in [0.717, 1.165) is 46.4 Å². The molecule has 4 rings (SSSR count). The van der Waals surface area contributed by atoms with E-state index in [4.69, 9.17) is 4.98 Å². The van der Waals surface area contributed by atoms with Gasteiger partial charge in [0.2, 0.25) is 0 Å². The molecule has 3 nitrogen and oxygen atoms in total. The van der Waals surface area contributed by atoms with Crippen LogP contribution in [-0.2, 0) is 23.9 Å². The van der Waals surface area contributed by atoms with Crippen LogP contribution in [0, 0.1) is 0 Å². The fourth-order valence-corrected chi connectivity index (χ4v) is 4.05. The van der Waals surface area contributed by atoms with Crippen LogP contribution < -0.4 is 0 Å². The van der Waals surface area contributed by atoms with Crippen LogP contribution in [0.2, 0.25) is 0 Å². The van der Waals surface area contributed by atoms with E-state index in [1.807, 2.05) is 32.0 Å². The fourth-order valence-electron chi connectivity index (χ4n) is 4.05. The van der Waals surface area contributed by atoms with Crippen LogP contribution in [0.5, 0.6) is 0 Å². The summed E-state index contributed by atoms with van der Waals surface area (Å²) >= 11 is 0. The number of aliphatic hydroxyl groups is 1. The minimum absolute atomic E-state index is 0.179. The Bertz CT molecular complexity index is 1190. The molecule has 4 aromatic rings. The standard InChI is InChI=1S/C28H32N2O/c1-27(2,3)21-14-10-19(11-15-21)12-17-26-29-24-16-13-20(18-25(24)30-26)22-8-6-7-9-23(22)28(4,5)31/h6-11,13-16,18,31H,12,17H2,1-5H3,(H,29,30). The number of aromatic amines is 1. The Balaban J connectivity index is 1.55. The van der Waals surface area contributed by atoms with Crippen molar-refractivity contribution in [3.8, 4) is 11.1 Å². The van der Waals surface area contributed by atoms with Crippen LogP contribution in [0.4, 0.5) is 0 Å². The van der Waals surface area contributed by atoms with Crippen molar-refractivity contribution in [1.82, 2.24) is 9.97 Å². The lowest BCUT2D eigenvalue weighted by Crippen LogP contribution is -2.16. The van der Waals surface area contributed by atoms with Crippen molar-refractivity contribution in [2.75, 3.05) is 0 Å². The smallest absolute Gasteiger partial charge is 0.107 e. The normalized spacial score (nSPS) is 12.5. The molecule has 0 amide bonds. The van der Waals surface area contributed by atoms with Gasteiger partial charge in [0.25, 0.3) is 0 Å². The maximum atomic E-state index is 10.6. The molecule has 3 aromatic carbocycles. The van der Waals surface area contributed by atoms with Gasteiger partial charge in [0.15, 0.2) is 0 Å². The third-order valence-electron chi connectivity index (χ3n) is 5.90. The van der Waals surface area contributed by atoms with Gasteiger partial charge in [-0.15, -0.1) is 0 Å². The van der Waals surface area contributed by atoms with E-state index in [2.05, 4.69) is 74.3 Å². The quantitative estimate of drug-likeness (QED) is 0.391. The van der Waals surface area contributed by atoms with Crippen LogP contribution in [-0.4, -0.2) is 15.1 Å². The van der Waals surface area contributed by atoms with Gasteiger partial charge in [-0.3, -0.25) is 0 Å². The van der Waals surface area contributed by atoms with Crippen LogP contribution >= 0.6 is 0 Å². The van der Waals surface area contributed by atoms with Crippen molar-refractivity contribution < 1.29 is 5.11 Å². The van der Waals surface area contributed by atoms with Crippen LogP contribution in [0.3, 0.4) is 0 Å². The Hall–Kier alpha value is -2.91. The molecule has 1 heterocycles. The molecule has 3 heteroatoms. The van der Waals surface area contributed by atoms with E-state index in [1.165, 1.54) is 11.1 Å². The van der Waals surface area contributed by atoms with E-state index in [0.29, 0.717) is 0 Å². The number of hydrogen-bond acceptors (Lipinski definition) is 2. The number of imidazole rings is 1. The molecule has 0 unspecified atom stereocenters. The minimum atomic E-state index is -0.898. The van der Waals surface area contributed by atoms with E-state index in [1.54, 1.807) is 0 Å². The molecule has 1 aromatic heterocycles. The second-order valence-corrected chi connectivity index (χ2v) is 9.97. The minimum Gasteiger partial charge on any atom is -0.386 e. The molecule has 31 heavy (non-hydrogen) atoms. The number of H-pyrrole nitrogens is 1. The summed E-state index contributed by atoms with van der Waals surface area (Å²) in [7, 11) is 0. The summed E-state index contributed by atoms with van der Waals surface area (Å²) in [6, 6.07) is 23.2. The first kappa shape index (κ1) is 21.3. The highest BCUT2D eigenvalue weighted by Crippen LogP contribution is 2.32. The van der Waals surface area contributed by atoms with Gasteiger partial charge in [0.05, 0.1) is 16.6 Å². The first-order chi connectivity index (χ1) is 14.6. The number of aromatic nitrogens is 2. The highest BCUT2D eigenvalue weighted by molar-refractivity contribution is 5.83. The molecule has 0 bridgehead atoms. The Labute approximate surface area is 185 Å². The summed E-state index contributed by atoms with van der Waals surface area (Å²) in [6.45, 7) is 10.4. The lowest BCUT2D eigenvalue weighted by Gasteiger charge is -2.21. The molecule has 0 atom stereocenters. The van der Waals surface area contributed by atoms with Gasteiger partial charge in [0, 0.05) is 6.42 Å². The first-order valence-corrected chi connectivity index (χ1v) is 11.0. The number of nitrogens with one attached hydrogen (secondary N) is 1. The molecule has 0 fully saturated rings. The molecule has 160 valence electrons. The number of benzene rings is 3. The SMILES string of the molecule is CC(C)(C)c1ccc(CCc2nc3cc(-c4ccccc4C(C)(C)O)ccc3[nH]2)cc1. The maximum Gasteiger partial charge on any atom is 0.107 e. The number of rotatable bonds is 5. The fraction of sp³-hybridized carbons (Fsp3) is 0.321. The zero-order valence-corrected chi connectivity index (χ0v) is 19.2. The number of fused-ring (bicyclic) bond motifs is 1. The summed E-state index contributed by atoms with van der Waals surface area (Å²) in [5.41, 5.74) is 7.00. The van der Waals surface area contributed by atoms with Crippen molar-refractivity contribution in [2.24, 2.45) is 0 Å². The van der Waals surface area contributed by atoms with Crippen LogP contribution in [0.1, 0.15) is 57.1 Å². The van der Waals surface area contributed by atoms with E-state index < -0.39 is 5.60 Å². The van der Waals surface area contributed by atoms with Gasteiger partial charge in [-0.25, -0.2) is 4.98 Å². The molecule has 0 saturated carbocycles. The largest absolute Gasteiger partial charge is 0.386 e. The molecule has 0 spiro atoms. The summed E-state index contributed by atoms with van der Waals surface area (Å²) in [5.74, 6) is 1.00. The summed E-state index contributed by atoms with van der Waals surface area (Å²) in [5, 5.41) is 10.6. The van der Waals surface area contributed by atoms with E-state index in [-0.39, 0.29) is 5.41 Å². The highest BCUT2D eigenvalue weighted by atomic mass is 16.3. The predicted octanol–water partition coefficient (Wildman–Crippen LogP) is 6.54. The summed E-state index contributed by atoms with van der Waals surface area (Å²) in [4.78, 5) is 8.31. The van der Waals surface area contributed by atoms with Crippen molar-refractivity contribution in [1.29, 1.82) is 0 Å². The predicted molar refractivity (Wildman–Crippen MR) is 129 cm³/mol. The van der Waals surface area contributed by atoms with Gasteiger partial charge in [0.1, 0.15) is 5.82 Å². The molecule has 0 aliphatic heterocycles. The Kier molecular flexibility index (Phi) is 5.49. The average molecular weight is 413 g/mol. The van der Waals surface area contributed by atoms with Crippen molar-refractivity contribution in [3.05, 3.63) is 89.2 Å². The molecular formula is C28H32N2O. The molecule has 0 aliphatic rings. The number of nitrogens with zero attached hydrogens (tertiary/aromatic N) is 1. The van der Waals surface area contributed by atoms with Crippen molar-refractivity contribution >= 4 is 11.0 Å². The van der Waals surface area contributed by atoms with Crippen molar-refractivity contribution in [3.63, 3.8) is 0 Å². The van der Waals surface area contributed by atoms with Crippen LogP contribution in [0.25, 0.3) is 22.2 Å². The van der Waals surface area contributed by atoms with Crippen LogP contribution in [0.15, 0.2) is 66.7 Å². The third-order valence-corrected chi connectivity index (χ3v) is 5.90. The zero-order chi connectivity index (χ0) is 22.2. The second-order valence-electron chi connectivity index (χ2n) is 9.97. The molecule has 0 saturated heterocycles.